The first-order valence-electron chi connectivity index (χ1n) is 7.34. The smallest absolute Gasteiger partial charge is 0.273 e. The molecule has 116 valence electrons. The van der Waals surface area contributed by atoms with E-state index >= 15 is 0 Å². The molecule has 0 unspecified atom stereocenters. The summed E-state index contributed by atoms with van der Waals surface area (Å²) >= 11 is 1.39. The van der Waals surface area contributed by atoms with E-state index in [4.69, 9.17) is 4.74 Å². The largest absolute Gasteiger partial charge is 0.486 e. The third-order valence-corrected chi connectivity index (χ3v) is 4.39. The zero-order valence-electron chi connectivity index (χ0n) is 12.1. The Morgan fingerprint density at radius 2 is 2.14 bits per heavy atom. The maximum Gasteiger partial charge on any atom is 0.273 e. The summed E-state index contributed by atoms with van der Waals surface area (Å²) in [4.78, 5) is 18.5. The second-order valence-electron chi connectivity index (χ2n) is 5.23. The molecule has 1 aromatic heterocycles. The molecule has 1 aliphatic heterocycles. The Bertz CT molecular complexity index is 653. The van der Waals surface area contributed by atoms with Gasteiger partial charge < -0.3 is 9.64 Å². The van der Waals surface area contributed by atoms with Gasteiger partial charge in [0.05, 0.1) is 0 Å². The van der Waals surface area contributed by atoms with Crippen LogP contribution in [0.4, 0.5) is 4.39 Å². The van der Waals surface area contributed by atoms with Gasteiger partial charge in [0.1, 0.15) is 28.9 Å². The van der Waals surface area contributed by atoms with Crippen LogP contribution in [0.5, 0.6) is 5.75 Å². The first kappa shape index (κ1) is 15.0. The summed E-state index contributed by atoms with van der Waals surface area (Å²) in [6, 6.07) is 5.98. The van der Waals surface area contributed by atoms with Crippen LogP contribution in [0, 0.1) is 5.82 Å². The number of likely N-dealkylation sites (tertiary alicyclic amines) is 1. The number of hydrogen-bond donors (Lipinski definition) is 0. The van der Waals surface area contributed by atoms with E-state index in [9.17, 15) is 9.18 Å². The first-order chi connectivity index (χ1) is 10.7. The molecule has 2 aromatic rings. The number of carbonyl (C=O) groups excluding carboxylic acids is 1. The summed E-state index contributed by atoms with van der Waals surface area (Å²) in [5, 5.41) is 2.48. The van der Waals surface area contributed by atoms with E-state index in [1.54, 1.807) is 17.5 Å². The van der Waals surface area contributed by atoms with Gasteiger partial charge in [-0.2, -0.15) is 0 Å². The second kappa shape index (κ2) is 6.87. The molecule has 2 heterocycles. The van der Waals surface area contributed by atoms with E-state index in [1.165, 1.54) is 29.9 Å². The minimum absolute atomic E-state index is 0.00652. The van der Waals surface area contributed by atoms with Crippen LogP contribution in [0.3, 0.4) is 0 Å². The summed E-state index contributed by atoms with van der Waals surface area (Å²) in [6.07, 6.45) is 3.31. The van der Waals surface area contributed by atoms with Gasteiger partial charge in [-0.1, -0.05) is 6.07 Å². The number of carbonyl (C=O) groups is 1. The number of thiazole rings is 1. The Labute approximate surface area is 132 Å². The lowest BCUT2D eigenvalue weighted by Crippen LogP contribution is -2.35. The first-order valence-corrected chi connectivity index (χ1v) is 8.22. The molecule has 4 nitrogen and oxygen atoms in total. The van der Waals surface area contributed by atoms with Gasteiger partial charge in [0.15, 0.2) is 0 Å². The normalized spacial score (nSPS) is 14.9. The van der Waals surface area contributed by atoms with Gasteiger partial charge >= 0.3 is 0 Å². The van der Waals surface area contributed by atoms with Crippen LogP contribution in [0.2, 0.25) is 0 Å². The van der Waals surface area contributed by atoms with Crippen LogP contribution >= 0.6 is 11.3 Å². The molecule has 0 bridgehead atoms. The molecule has 0 spiro atoms. The van der Waals surface area contributed by atoms with Gasteiger partial charge in [-0.3, -0.25) is 4.79 Å². The number of aromatic nitrogens is 1. The van der Waals surface area contributed by atoms with Crippen LogP contribution in [0.15, 0.2) is 29.6 Å². The van der Waals surface area contributed by atoms with Crippen molar-refractivity contribution in [3.63, 3.8) is 0 Å². The minimum atomic E-state index is -0.336. The van der Waals surface area contributed by atoms with Gasteiger partial charge in [-0.25, -0.2) is 9.37 Å². The van der Waals surface area contributed by atoms with Crippen LogP contribution in [0.1, 0.15) is 34.8 Å². The van der Waals surface area contributed by atoms with Crippen molar-refractivity contribution in [2.75, 3.05) is 13.1 Å². The number of piperidine rings is 1. The molecular formula is C16H17FN2O2S. The minimum Gasteiger partial charge on any atom is -0.486 e. The van der Waals surface area contributed by atoms with E-state index < -0.39 is 0 Å². The fourth-order valence-electron chi connectivity index (χ4n) is 2.44. The molecule has 1 amide bonds. The van der Waals surface area contributed by atoms with E-state index in [-0.39, 0.29) is 18.3 Å². The molecule has 0 atom stereocenters. The molecule has 0 N–H and O–H groups in total. The highest BCUT2D eigenvalue weighted by molar-refractivity contribution is 7.09. The van der Waals surface area contributed by atoms with Crippen molar-refractivity contribution in [3.8, 4) is 5.75 Å². The maximum absolute atomic E-state index is 13.1. The predicted octanol–water partition coefficient (Wildman–Crippen LogP) is 3.49. The monoisotopic (exact) mass is 320 g/mol. The Hall–Kier alpha value is -1.95. The lowest BCUT2D eigenvalue weighted by Gasteiger charge is -2.25. The van der Waals surface area contributed by atoms with Gasteiger partial charge in [0.25, 0.3) is 5.91 Å². The SMILES string of the molecule is O=C(c1csc(COc2cccc(F)c2)n1)N1CCCCC1. The van der Waals surface area contributed by atoms with Crippen LogP contribution in [-0.2, 0) is 6.61 Å². The predicted molar refractivity (Wildman–Crippen MR) is 82.6 cm³/mol. The van der Waals surface area contributed by atoms with Crippen molar-refractivity contribution < 1.29 is 13.9 Å². The van der Waals surface area contributed by atoms with Crippen molar-refractivity contribution in [1.29, 1.82) is 0 Å². The number of nitrogens with zero attached hydrogens (tertiary/aromatic N) is 2. The summed E-state index contributed by atoms with van der Waals surface area (Å²) in [5.74, 6) is 0.115. The van der Waals surface area contributed by atoms with E-state index in [1.807, 2.05) is 4.90 Å². The number of rotatable bonds is 4. The highest BCUT2D eigenvalue weighted by atomic mass is 32.1. The fraction of sp³-hybridized carbons (Fsp3) is 0.375. The Kier molecular flexibility index (Phi) is 4.68. The molecule has 0 saturated carbocycles. The highest BCUT2D eigenvalue weighted by Crippen LogP contribution is 2.18. The molecule has 1 aromatic carbocycles. The van der Waals surface area contributed by atoms with Crippen molar-refractivity contribution in [3.05, 3.63) is 46.2 Å². The summed E-state index contributed by atoms with van der Waals surface area (Å²) < 4.78 is 18.6. The van der Waals surface area contributed by atoms with Gasteiger partial charge in [-0.05, 0) is 31.4 Å². The van der Waals surface area contributed by atoms with Crippen molar-refractivity contribution >= 4 is 17.2 Å². The van der Waals surface area contributed by atoms with E-state index in [2.05, 4.69) is 4.98 Å². The Balaban J connectivity index is 1.60. The number of hydrogen-bond acceptors (Lipinski definition) is 4. The summed E-state index contributed by atoms with van der Waals surface area (Å²) in [5.41, 5.74) is 0.477. The van der Waals surface area contributed by atoms with Crippen LogP contribution in [0.25, 0.3) is 0 Å². The second-order valence-corrected chi connectivity index (χ2v) is 6.17. The third-order valence-electron chi connectivity index (χ3n) is 3.57. The molecule has 0 radical (unpaired) electrons. The summed E-state index contributed by atoms with van der Waals surface area (Å²) in [7, 11) is 0. The highest BCUT2D eigenvalue weighted by Gasteiger charge is 2.20. The molecule has 0 aliphatic carbocycles. The van der Waals surface area contributed by atoms with Crippen LogP contribution < -0.4 is 4.74 Å². The van der Waals surface area contributed by atoms with Crippen molar-refractivity contribution in [1.82, 2.24) is 9.88 Å². The maximum atomic E-state index is 13.1. The van der Waals surface area contributed by atoms with E-state index in [0.29, 0.717) is 16.5 Å². The number of amides is 1. The zero-order valence-corrected chi connectivity index (χ0v) is 12.9. The number of ether oxygens (including phenoxy) is 1. The van der Waals surface area contributed by atoms with Crippen LogP contribution in [-0.4, -0.2) is 28.9 Å². The molecular weight excluding hydrogens is 303 g/mol. The summed E-state index contributed by atoms with van der Waals surface area (Å²) in [6.45, 7) is 1.86. The number of halogens is 1. The Morgan fingerprint density at radius 3 is 2.91 bits per heavy atom. The third kappa shape index (κ3) is 3.62. The number of benzene rings is 1. The lowest BCUT2D eigenvalue weighted by molar-refractivity contribution is 0.0719. The molecule has 6 heteroatoms. The quantitative estimate of drug-likeness (QED) is 0.866. The fourth-order valence-corrected chi connectivity index (χ4v) is 3.12. The molecule has 3 rings (SSSR count). The van der Waals surface area contributed by atoms with Gasteiger partial charge in [-0.15, -0.1) is 11.3 Å². The van der Waals surface area contributed by atoms with Gasteiger partial charge in [0.2, 0.25) is 0 Å². The molecule has 1 saturated heterocycles. The van der Waals surface area contributed by atoms with Gasteiger partial charge in [0, 0.05) is 24.5 Å². The standard InChI is InChI=1S/C16H17FN2O2S/c17-12-5-4-6-13(9-12)21-10-15-18-14(11-22-15)16(20)19-7-2-1-3-8-19/h4-6,9,11H,1-3,7-8,10H2. The lowest BCUT2D eigenvalue weighted by atomic mass is 10.1. The zero-order chi connectivity index (χ0) is 15.4. The topological polar surface area (TPSA) is 42.4 Å². The molecule has 1 aliphatic rings. The van der Waals surface area contributed by atoms with Crippen molar-refractivity contribution in [2.45, 2.75) is 25.9 Å². The average Bonchev–Trinajstić information content (AvgIpc) is 3.02. The molecule has 1 fully saturated rings. The average molecular weight is 320 g/mol. The molecule has 22 heavy (non-hydrogen) atoms. The van der Waals surface area contributed by atoms with E-state index in [0.717, 1.165) is 25.9 Å². The van der Waals surface area contributed by atoms with Crippen molar-refractivity contribution in [2.24, 2.45) is 0 Å². The Morgan fingerprint density at radius 1 is 1.32 bits per heavy atom.